The fourth-order valence-corrected chi connectivity index (χ4v) is 2.24. The molecule has 0 saturated carbocycles. The highest BCUT2D eigenvalue weighted by Crippen LogP contribution is 2.14. The van der Waals surface area contributed by atoms with E-state index in [0.717, 1.165) is 18.2 Å². The van der Waals surface area contributed by atoms with E-state index in [0.29, 0.717) is 17.5 Å². The Hall–Kier alpha value is -2.10. The van der Waals surface area contributed by atoms with E-state index in [4.69, 9.17) is 4.52 Å². The van der Waals surface area contributed by atoms with E-state index in [-0.39, 0.29) is 23.4 Å². The summed E-state index contributed by atoms with van der Waals surface area (Å²) in [5, 5.41) is 12.7. The minimum atomic E-state index is -0.308. The molecule has 0 fully saturated rings. The smallest absolute Gasteiger partial charge is 0.315 e. The maximum Gasteiger partial charge on any atom is 0.343 e. The Balaban J connectivity index is 1.91. The normalized spacial score (nSPS) is 10.7. The van der Waals surface area contributed by atoms with Gasteiger partial charge in [-0.2, -0.15) is 4.98 Å². The standard InChI is InChI=1S/C10H14N6O3S/c1-3-4-16-9(18)13-14-10(16)20-5-7(17)12-8-11-6(2)15-19-8/h3-5H2,1-2H3,(H,13,18)(H,11,12,15,17). The number of carbonyl (C=O) groups is 1. The van der Waals surface area contributed by atoms with Crippen LogP contribution in [0.3, 0.4) is 0 Å². The minimum absolute atomic E-state index is 0.0566. The molecule has 2 aromatic rings. The zero-order chi connectivity index (χ0) is 14.5. The Morgan fingerprint density at radius 2 is 2.35 bits per heavy atom. The van der Waals surface area contributed by atoms with E-state index in [1.54, 1.807) is 6.92 Å². The fraction of sp³-hybridized carbons (Fsp3) is 0.500. The maximum atomic E-state index is 11.7. The SMILES string of the molecule is CCCn1c(SCC(=O)Nc2nc(C)no2)n[nH]c1=O. The lowest BCUT2D eigenvalue weighted by molar-refractivity contribution is -0.114. The molecule has 2 N–H and O–H groups in total. The first-order valence-electron chi connectivity index (χ1n) is 5.98. The van der Waals surface area contributed by atoms with Crippen LogP contribution in [-0.2, 0) is 11.3 Å². The number of nitrogens with one attached hydrogen (secondary N) is 2. The van der Waals surface area contributed by atoms with Crippen LogP contribution in [0, 0.1) is 6.92 Å². The molecule has 108 valence electrons. The second-order valence-electron chi connectivity index (χ2n) is 3.95. The van der Waals surface area contributed by atoms with Crippen LogP contribution in [0.4, 0.5) is 6.01 Å². The molecule has 0 aromatic carbocycles. The molecule has 0 bridgehead atoms. The third-order valence-electron chi connectivity index (χ3n) is 2.28. The van der Waals surface area contributed by atoms with E-state index in [9.17, 15) is 9.59 Å². The molecule has 2 rings (SSSR count). The van der Waals surface area contributed by atoms with Gasteiger partial charge in [0.2, 0.25) is 5.91 Å². The molecule has 0 aliphatic rings. The van der Waals surface area contributed by atoms with Crippen LogP contribution in [0.15, 0.2) is 14.5 Å². The number of aromatic nitrogens is 5. The Kier molecular flexibility index (Phi) is 4.56. The topological polar surface area (TPSA) is 119 Å². The van der Waals surface area contributed by atoms with Crippen LogP contribution < -0.4 is 11.0 Å². The van der Waals surface area contributed by atoms with Gasteiger partial charge in [0, 0.05) is 6.54 Å². The molecule has 0 atom stereocenters. The predicted molar refractivity (Wildman–Crippen MR) is 71.5 cm³/mol. The van der Waals surface area contributed by atoms with Gasteiger partial charge in [-0.15, -0.1) is 5.10 Å². The number of thioether (sulfide) groups is 1. The number of hydrogen-bond donors (Lipinski definition) is 2. The van der Waals surface area contributed by atoms with Gasteiger partial charge in [0.05, 0.1) is 5.75 Å². The van der Waals surface area contributed by atoms with Gasteiger partial charge < -0.3 is 4.52 Å². The maximum absolute atomic E-state index is 11.7. The van der Waals surface area contributed by atoms with Gasteiger partial charge >= 0.3 is 11.7 Å². The van der Waals surface area contributed by atoms with E-state index in [2.05, 4.69) is 25.7 Å². The van der Waals surface area contributed by atoms with Gasteiger partial charge in [0.25, 0.3) is 0 Å². The Bertz CT molecular complexity index is 645. The lowest BCUT2D eigenvalue weighted by Gasteiger charge is -2.02. The highest BCUT2D eigenvalue weighted by Gasteiger charge is 2.12. The summed E-state index contributed by atoms with van der Waals surface area (Å²) < 4.78 is 6.27. The van der Waals surface area contributed by atoms with Crippen molar-refractivity contribution >= 4 is 23.7 Å². The van der Waals surface area contributed by atoms with E-state index >= 15 is 0 Å². The number of H-pyrrole nitrogens is 1. The summed E-state index contributed by atoms with van der Waals surface area (Å²) in [6.07, 6.45) is 0.806. The summed E-state index contributed by atoms with van der Waals surface area (Å²) in [5.74, 6) is 0.226. The van der Waals surface area contributed by atoms with Crippen molar-refractivity contribution in [2.45, 2.75) is 32.0 Å². The quantitative estimate of drug-likeness (QED) is 0.741. The molecule has 0 spiro atoms. The molecule has 20 heavy (non-hydrogen) atoms. The molecule has 0 aliphatic heterocycles. The Labute approximate surface area is 118 Å². The highest BCUT2D eigenvalue weighted by atomic mass is 32.2. The van der Waals surface area contributed by atoms with Crippen molar-refractivity contribution in [3.05, 3.63) is 16.3 Å². The van der Waals surface area contributed by atoms with E-state index < -0.39 is 0 Å². The zero-order valence-corrected chi connectivity index (χ0v) is 11.9. The summed E-state index contributed by atoms with van der Waals surface area (Å²) in [4.78, 5) is 27.0. The van der Waals surface area contributed by atoms with Crippen LogP contribution in [0.1, 0.15) is 19.2 Å². The molecule has 9 nitrogen and oxygen atoms in total. The Morgan fingerprint density at radius 1 is 1.55 bits per heavy atom. The number of rotatable bonds is 6. The first-order chi connectivity index (χ1) is 9.60. The van der Waals surface area contributed by atoms with Crippen molar-refractivity contribution in [1.82, 2.24) is 24.9 Å². The predicted octanol–water partition coefficient (Wildman–Crippen LogP) is 0.404. The first-order valence-corrected chi connectivity index (χ1v) is 6.97. The average Bonchev–Trinajstić information content (AvgIpc) is 2.96. The number of aromatic amines is 1. The number of anilines is 1. The van der Waals surface area contributed by atoms with Crippen LogP contribution in [0.25, 0.3) is 0 Å². The largest absolute Gasteiger partial charge is 0.343 e. The lowest BCUT2D eigenvalue weighted by atomic mass is 10.5. The van der Waals surface area contributed by atoms with Crippen molar-refractivity contribution in [2.24, 2.45) is 0 Å². The third-order valence-corrected chi connectivity index (χ3v) is 3.25. The van der Waals surface area contributed by atoms with E-state index in [1.165, 1.54) is 4.57 Å². The van der Waals surface area contributed by atoms with Gasteiger partial charge in [0.1, 0.15) is 0 Å². The van der Waals surface area contributed by atoms with Gasteiger partial charge in [-0.25, -0.2) is 9.89 Å². The average molecular weight is 298 g/mol. The third kappa shape index (κ3) is 3.47. The van der Waals surface area contributed by atoms with E-state index in [1.807, 2.05) is 6.92 Å². The molecule has 0 saturated heterocycles. The lowest BCUT2D eigenvalue weighted by Crippen LogP contribution is -2.18. The summed E-state index contributed by atoms with van der Waals surface area (Å²) >= 11 is 1.16. The van der Waals surface area contributed by atoms with Crippen LogP contribution in [-0.4, -0.2) is 36.6 Å². The molecule has 10 heteroatoms. The van der Waals surface area contributed by atoms with Crippen molar-refractivity contribution in [1.29, 1.82) is 0 Å². The van der Waals surface area contributed by atoms with Crippen molar-refractivity contribution in [3.8, 4) is 0 Å². The molecule has 1 amide bonds. The van der Waals surface area contributed by atoms with Gasteiger partial charge in [-0.05, 0) is 13.3 Å². The summed E-state index contributed by atoms with van der Waals surface area (Å²) in [6, 6.07) is 0.0566. The number of hydrogen-bond acceptors (Lipinski definition) is 7. The molecule has 2 aromatic heterocycles. The number of aryl methyl sites for hydroxylation is 1. The molecule has 0 aliphatic carbocycles. The Morgan fingerprint density at radius 3 is 3.00 bits per heavy atom. The summed E-state index contributed by atoms with van der Waals surface area (Å²) in [5.41, 5.74) is -0.276. The summed E-state index contributed by atoms with van der Waals surface area (Å²) in [6.45, 7) is 4.17. The fourth-order valence-electron chi connectivity index (χ4n) is 1.47. The van der Waals surface area contributed by atoms with Crippen molar-refractivity contribution in [3.63, 3.8) is 0 Å². The molecule has 2 heterocycles. The highest BCUT2D eigenvalue weighted by molar-refractivity contribution is 7.99. The zero-order valence-electron chi connectivity index (χ0n) is 11.0. The van der Waals surface area contributed by atoms with Crippen molar-refractivity contribution < 1.29 is 9.32 Å². The molecular weight excluding hydrogens is 284 g/mol. The van der Waals surface area contributed by atoms with Crippen molar-refractivity contribution in [2.75, 3.05) is 11.1 Å². The molecule has 0 radical (unpaired) electrons. The number of nitrogens with zero attached hydrogens (tertiary/aromatic N) is 4. The first kappa shape index (κ1) is 14.3. The van der Waals surface area contributed by atoms with Crippen LogP contribution >= 0.6 is 11.8 Å². The number of carbonyl (C=O) groups excluding carboxylic acids is 1. The van der Waals surface area contributed by atoms with Gasteiger partial charge in [-0.1, -0.05) is 23.8 Å². The van der Waals surface area contributed by atoms with Crippen LogP contribution in [0.2, 0.25) is 0 Å². The second kappa shape index (κ2) is 6.37. The number of amides is 1. The van der Waals surface area contributed by atoms with Crippen LogP contribution in [0.5, 0.6) is 0 Å². The molecular formula is C10H14N6O3S. The van der Waals surface area contributed by atoms with Gasteiger partial charge in [0.15, 0.2) is 11.0 Å². The minimum Gasteiger partial charge on any atom is -0.315 e. The van der Waals surface area contributed by atoms with Gasteiger partial charge in [-0.3, -0.25) is 14.7 Å². The monoisotopic (exact) mass is 298 g/mol. The molecule has 0 unspecified atom stereocenters. The second-order valence-corrected chi connectivity index (χ2v) is 4.89. The summed E-state index contributed by atoms with van der Waals surface area (Å²) in [7, 11) is 0.